The summed E-state index contributed by atoms with van der Waals surface area (Å²) >= 11 is 0. The van der Waals surface area contributed by atoms with Gasteiger partial charge in [0.05, 0.1) is 12.8 Å². The maximum atomic E-state index is 12.0. The van der Waals surface area contributed by atoms with Crippen molar-refractivity contribution < 1.29 is 37.8 Å². The van der Waals surface area contributed by atoms with Gasteiger partial charge >= 0.3 is 24.1 Å². The topological polar surface area (TPSA) is 116 Å². The van der Waals surface area contributed by atoms with Crippen molar-refractivity contribution in [2.24, 2.45) is 0 Å². The van der Waals surface area contributed by atoms with Crippen LogP contribution >= 0.6 is 0 Å². The van der Waals surface area contributed by atoms with E-state index in [1.807, 2.05) is 5.32 Å². The monoisotopic (exact) mass is 286 g/mol. The predicted octanol–water partition coefficient (Wildman–Crippen LogP) is 0.554. The second-order valence-corrected chi connectivity index (χ2v) is 3.83. The number of urea groups is 1. The van der Waals surface area contributed by atoms with E-state index in [4.69, 9.17) is 10.2 Å². The third-order valence-electron chi connectivity index (χ3n) is 1.90. The number of halogens is 3. The van der Waals surface area contributed by atoms with Crippen molar-refractivity contribution in [1.29, 1.82) is 0 Å². The molecular weight excluding hydrogens is 273 g/mol. The van der Waals surface area contributed by atoms with Crippen LogP contribution in [-0.4, -0.2) is 46.4 Å². The molecule has 0 saturated carbocycles. The summed E-state index contributed by atoms with van der Waals surface area (Å²) < 4.78 is 35.9. The zero-order valence-electron chi connectivity index (χ0n) is 9.82. The largest absolute Gasteiger partial charge is 0.481 e. The van der Waals surface area contributed by atoms with Gasteiger partial charge in [-0.05, 0) is 6.92 Å². The van der Waals surface area contributed by atoms with Crippen LogP contribution in [0.1, 0.15) is 19.8 Å². The predicted molar refractivity (Wildman–Crippen MR) is 55.5 cm³/mol. The van der Waals surface area contributed by atoms with Crippen LogP contribution in [0.5, 0.6) is 0 Å². The highest BCUT2D eigenvalue weighted by Crippen LogP contribution is 2.21. The number of carboxylic acid groups (broad SMARTS) is 2. The zero-order chi connectivity index (χ0) is 15.2. The molecule has 4 N–H and O–H groups in total. The average molecular weight is 286 g/mol. The summed E-state index contributed by atoms with van der Waals surface area (Å²) in [7, 11) is 0. The lowest BCUT2D eigenvalue weighted by Gasteiger charge is -2.18. The number of carbonyl (C=O) groups is 3. The number of nitrogens with one attached hydrogen (secondary N) is 2. The smallest absolute Gasteiger partial charge is 0.391 e. The molecule has 7 nitrogen and oxygen atoms in total. The summed E-state index contributed by atoms with van der Waals surface area (Å²) in [6.07, 6.45) is -6.63. The van der Waals surface area contributed by atoms with E-state index in [9.17, 15) is 27.6 Å². The lowest BCUT2D eigenvalue weighted by molar-refractivity contribution is -0.145. The molecule has 2 unspecified atom stereocenters. The van der Waals surface area contributed by atoms with E-state index in [2.05, 4.69) is 0 Å². The van der Waals surface area contributed by atoms with Crippen LogP contribution in [0, 0.1) is 0 Å². The molecule has 0 aromatic carbocycles. The minimum absolute atomic E-state index is 0.879. The minimum Gasteiger partial charge on any atom is -0.481 e. The van der Waals surface area contributed by atoms with Crippen molar-refractivity contribution in [2.45, 2.75) is 38.0 Å². The van der Waals surface area contributed by atoms with Crippen molar-refractivity contribution >= 4 is 18.0 Å². The first-order valence-electron chi connectivity index (χ1n) is 5.09. The Kier molecular flexibility index (Phi) is 6.09. The average Bonchev–Trinajstić information content (AvgIpc) is 2.11. The van der Waals surface area contributed by atoms with Crippen molar-refractivity contribution in [3.63, 3.8) is 0 Å². The molecule has 2 amide bonds. The summed E-state index contributed by atoms with van der Waals surface area (Å²) in [5.74, 6) is -3.06. The van der Waals surface area contributed by atoms with Crippen LogP contribution in [0.25, 0.3) is 0 Å². The molecule has 0 fully saturated rings. The first-order valence-corrected chi connectivity index (χ1v) is 5.09. The van der Waals surface area contributed by atoms with Gasteiger partial charge in [0.25, 0.3) is 0 Å². The Morgan fingerprint density at radius 3 is 2.05 bits per heavy atom. The third-order valence-corrected chi connectivity index (χ3v) is 1.90. The summed E-state index contributed by atoms with van der Waals surface area (Å²) in [4.78, 5) is 32.1. The Balaban J connectivity index is 4.34. The Morgan fingerprint density at radius 1 is 1.16 bits per heavy atom. The van der Waals surface area contributed by atoms with Gasteiger partial charge in [0.15, 0.2) is 0 Å². The molecule has 19 heavy (non-hydrogen) atoms. The van der Waals surface area contributed by atoms with E-state index in [0.29, 0.717) is 0 Å². The van der Waals surface area contributed by atoms with Crippen LogP contribution in [0.4, 0.5) is 18.0 Å². The fourth-order valence-electron chi connectivity index (χ4n) is 1.20. The maximum absolute atomic E-state index is 12.0. The lowest BCUT2D eigenvalue weighted by atomic mass is 10.2. The molecule has 110 valence electrons. The first kappa shape index (κ1) is 17.0. The van der Waals surface area contributed by atoms with Gasteiger partial charge in [-0.3, -0.25) is 4.79 Å². The van der Waals surface area contributed by atoms with Gasteiger partial charge in [-0.2, -0.15) is 13.2 Å². The van der Waals surface area contributed by atoms with Crippen molar-refractivity contribution in [3.05, 3.63) is 0 Å². The number of hydrogen-bond donors (Lipinski definition) is 4. The fourth-order valence-corrected chi connectivity index (χ4v) is 1.20. The standard InChI is InChI=1S/C9H13F3N2O5/c1-4(3-9(10,11)12)13-8(19)14-5(7(17)18)2-6(15)16/h4-5H,2-3H2,1H3,(H,15,16)(H,17,18)(H2,13,14,19). The Labute approximate surface area is 105 Å². The second-order valence-electron chi connectivity index (χ2n) is 3.83. The molecule has 0 aromatic heterocycles. The zero-order valence-corrected chi connectivity index (χ0v) is 9.82. The van der Waals surface area contributed by atoms with Crippen LogP contribution in [0.3, 0.4) is 0 Å². The normalized spacial score (nSPS) is 14.3. The molecule has 0 bridgehead atoms. The van der Waals surface area contributed by atoms with E-state index in [1.165, 1.54) is 0 Å². The van der Waals surface area contributed by atoms with Crippen LogP contribution in [0.2, 0.25) is 0 Å². The van der Waals surface area contributed by atoms with Crippen molar-refractivity contribution in [2.75, 3.05) is 0 Å². The van der Waals surface area contributed by atoms with Gasteiger partial charge < -0.3 is 20.8 Å². The molecule has 0 radical (unpaired) electrons. The quantitative estimate of drug-likeness (QED) is 0.569. The van der Waals surface area contributed by atoms with E-state index in [-0.39, 0.29) is 0 Å². The molecular formula is C9H13F3N2O5. The summed E-state index contributed by atoms with van der Waals surface area (Å²) in [6.45, 7) is 1.08. The van der Waals surface area contributed by atoms with Gasteiger partial charge in [0, 0.05) is 6.04 Å². The van der Waals surface area contributed by atoms with Crippen molar-refractivity contribution in [3.8, 4) is 0 Å². The third kappa shape index (κ3) is 8.69. The molecule has 0 aliphatic rings. The molecule has 0 spiro atoms. The molecule has 0 heterocycles. The van der Waals surface area contributed by atoms with E-state index >= 15 is 0 Å². The summed E-state index contributed by atoms with van der Waals surface area (Å²) in [5, 5.41) is 20.6. The Morgan fingerprint density at radius 2 is 1.68 bits per heavy atom. The molecule has 10 heteroatoms. The number of amides is 2. The Hall–Kier alpha value is -2.00. The molecule has 0 rings (SSSR count). The minimum atomic E-state index is -4.47. The number of carboxylic acids is 2. The van der Waals surface area contributed by atoms with Gasteiger partial charge in [-0.1, -0.05) is 0 Å². The van der Waals surface area contributed by atoms with E-state index in [0.717, 1.165) is 6.92 Å². The van der Waals surface area contributed by atoms with Gasteiger partial charge in [0.2, 0.25) is 0 Å². The molecule has 0 aliphatic heterocycles. The number of rotatable bonds is 6. The van der Waals surface area contributed by atoms with Gasteiger partial charge in [0.1, 0.15) is 6.04 Å². The van der Waals surface area contributed by atoms with E-state index < -0.39 is 49.1 Å². The molecule has 0 aliphatic carbocycles. The second kappa shape index (κ2) is 6.81. The maximum Gasteiger partial charge on any atom is 0.391 e. The molecule has 0 aromatic rings. The summed E-state index contributed by atoms with van der Waals surface area (Å²) in [6, 6.07) is -4.15. The molecule has 2 atom stereocenters. The first-order chi connectivity index (χ1) is 8.51. The van der Waals surface area contributed by atoms with Crippen LogP contribution < -0.4 is 10.6 Å². The lowest BCUT2D eigenvalue weighted by Crippen LogP contribution is -2.49. The van der Waals surface area contributed by atoms with Gasteiger partial charge in [-0.25, -0.2) is 9.59 Å². The van der Waals surface area contributed by atoms with Crippen LogP contribution in [0.15, 0.2) is 0 Å². The van der Waals surface area contributed by atoms with E-state index in [1.54, 1.807) is 5.32 Å². The fraction of sp³-hybridized carbons (Fsp3) is 0.667. The van der Waals surface area contributed by atoms with Gasteiger partial charge in [-0.15, -0.1) is 0 Å². The molecule has 0 saturated heterocycles. The highest BCUT2D eigenvalue weighted by Gasteiger charge is 2.31. The van der Waals surface area contributed by atoms with Crippen LogP contribution in [-0.2, 0) is 9.59 Å². The Bertz CT molecular complexity index is 358. The SMILES string of the molecule is CC(CC(F)(F)F)NC(=O)NC(CC(=O)O)C(=O)O. The number of carbonyl (C=O) groups excluding carboxylic acids is 1. The number of aliphatic carboxylic acids is 2. The summed E-state index contributed by atoms with van der Waals surface area (Å²) in [5.41, 5.74) is 0. The van der Waals surface area contributed by atoms with Crippen molar-refractivity contribution in [1.82, 2.24) is 10.6 Å². The highest BCUT2D eigenvalue weighted by molar-refractivity contribution is 5.86. The number of hydrogen-bond acceptors (Lipinski definition) is 3. The highest BCUT2D eigenvalue weighted by atomic mass is 19.4. The number of alkyl halides is 3.